The van der Waals surface area contributed by atoms with Crippen molar-refractivity contribution in [1.29, 1.82) is 0 Å². The number of hydrogen-bond donors (Lipinski definition) is 0. The number of anilines is 1. The molecule has 0 aliphatic carbocycles. The van der Waals surface area contributed by atoms with Gasteiger partial charge in [0.25, 0.3) is 0 Å². The van der Waals surface area contributed by atoms with Crippen LogP contribution in [0.25, 0.3) is 0 Å². The van der Waals surface area contributed by atoms with Crippen molar-refractivity contribution in [3.8, 4) is 0 Å². The van der Waals surface area contributed by atoms with E-state index in [4.69, 9.17) is 4.74 Å². The molecule has 0 radical (unpaired) electrons. The lowest BCUT2D eigenvalue weighted by atomic mass is 10.2. The number of rotatable bonds is 1. The predicted octanol–water partition coefficient (Wildman–Crippen LogP) is 2.27. The molecule has 0 atom stereocenters. The summed E-state index contributed by atoms with van der Waals surface area (Å²) in [5, 5.41) is 0. The van der Waals surface area contributed by atoms with E-state index in [0.717, 1.165) is 16.7 Å². The average molecular weight is 307 g/mol. The van der Waals surface area contributed by atoms with Crippen LogP contribution < -0.4 is 4.90 Å². The Labute approximate surface area is 96.2 Å². The number of benzene rings is 1. The summed E-state index contributed by atoms with van der Waals surface area (Å²) in [5.74, 6) is -0.140. The van der Waals surface area contributed by atoms with Gasteiger partial charge in [-0.3, -0.25) is 0 Å². The van der Waals surface area contributed by atoms with Crippen molar-refractivity contribution in [1.82, 2.24) is 0 Å². The van der Waals surface area contributed by atoms with Gasteiger partial charge in [0.2, 0.25) is 0 Å². The second-order valence-electron chi connectivity index (χ2n) is 3.20. The van der Waals surface area contributed by atoms with Crippen LogP contribution in [0.3, 0.4) is 0 Å². The summed E-state index contributed by atoms with van der Waals surface area (Å²) in [6.45, 7) is 2.92. The van der Waals surface area contributed by atoms with Crippen molar-refractivity contribution in [2.24, 2.45) is 0 Å². The van der Waals surface area contributed by atoms with Gasteiger partial charge in [-0.2, -0.15) is 0 Å². The molecule has 0 aromatic heterocycles. The maximum absolute atomic E-state index is 13.5. The zero-order valence-corrected chi connectivity index (χ0v) is 9.83. The van der Waals surface area contributed by atoms with Crippen molar-refractivity contribution in [3.05, 3.63) is 27.6 Å². The molecule has 1 aliphatic heterocycles. The Bertz CT molecular complexity index is 326. The van der Waals surface area contributed by atoms with Crippen molar-refractivity contribution < 1.29 is 9.13 Å². The minimum atomic E-state index is -0.140. The minimum absolute atomic E-state index is 0.140. The standard InChI is InChI=1S/C10H11FINO/c11-9-7-8(12)1-2-10(9)13-3-5-14-6-4-13/h1-2,7H,3-6H2. The first-order chi connectivity index (χ1) is 6.77. The highest BCUT2D eigenvalue weighted by Gasteiger charge is 2.14. The number of halogens is 2. The van der Waals surface area contributed by atoms with Crippen LogP contribution in [-0.2, 0) is 4.74 Å². The van der Waals surface area contributed by atoms with E-state index >= 15 is 0 Å². The van der Waals surface area contributed by atoms with E-state index in [2.05, 4.69) is 22.6 Å². The van der Waals surface area contributed by atoms with E-state index < -0.39 is 0 Å². The first-order valence-corrected chi connectivity index (χ1v) is 5.63. The highest BCUT2D eigenvalue weighted by Crippen LogP contribution is 2.21. The molecule has 0 amide bonds. The summed E-state index contributed by atoms with van der Waals surface area (Å²) in [6, 6.07) is 5.32. The van der Waals surface area contributed by atoms with E-state index in [1.807, 2.05) is 17.0 Å². The molecule has 1 aromatic carbocycles. The van der Waals surface area contributed by atoms with Gasteiger partial charge in [-0.25, -0.2) is 4.39 Å². The monoisotopic (exact) mass is 307 g/mol. The topological polar surface area (TPSA) is 12.5 Å². The van der Waals surface area contributed by atoms with Gasteiger partial charge in [0.05, 0.1) is 18.9 Å². The van der Waals surface area contributed by atoms with E-state index in [1.165, 1.54) is 0 Å². The second-order valence-corrected chi connectivity index (χ2v) is 4.44. The van der Waals surface area contributed by atoms with Gasteiger partial charge in [0, 0.05) is 16.7 Å². The van der Waals surface area contributed by atoms with Crippen molar-refractivity contribution in [2.75, 3.05) is 31.2 Å². The number of morpholine rings is 1. The number of hydrogen-bond acceptors (Lipinski definition) is 2. The summed E-state index contributed by atoms with van der Waals surface area (Å²) in [4.78, 5) is 2.02. The molecular formula is C10H11FINO. The van der Waals surface area contributed by atoms with Gasteiger partial charge in [-0.1, -0.05) is 0 Å². The molecule has 4 heteroatoms. The third-order valence-electron chi connectivity index (χ3n) is 2.26. The Balaban J connectivity index is 2.22. The quantitative estimate of drug-likeness (QED) is 0.738. The van der Waals surface area contributed by atoms with E-state index in [9.17, 15) is 4.39 Å². The molecule has 76 valence electrons. The van der Waals surface area contributed by atoms with Gasteiger partial charge in [-0.05, 0) is 40.8 Å². The van der Waals surface area contributed by atoms with Crippen LogP contribution in [0.1, 0.15) is 0 Å². The predicted molar refractivity (Wildman–Crippen MR) is 62.1 cm³/mol. The van der Waals surface area contributed by atoms with Gasteiger partial charge in [0.15, 0.2) is 0 Å². The average Bonchev–Trinajstić information content (AvgIpc) is 2.19. The maximum Gasteiger partial charge on any atom is 0.147 e. The summed E-state index contributed by atoms with van der Waals surface area (Å²) < 4.78 is 19.7. The maximum atomic E-state index is 13.5. The molecule has 0 spiro atoms. The molecule has 0 N–H and O–H groups in total. The minimum Gasteiger partial charge on any atom is -0.378 e. The third-order valence-corrected chi connectivity index (χ3v) is 2.93. The molecule has 1 fully saturated rings. The Morgan fingerprint density at radius 3 is 2.64 bits per heavy atom. The first-order valence-electron chi connectivity index (χ1n) is 4.55. The summed E-state index contributed by atoms with van der Waals surface area (Å²) in [5.41, 5.74) is 0.689. The van der Waals surface area contributed by atoms with E-state index in [1.54, 1.807) is 6.07 Å². The van der Waals surface area contributed by atoms with E-state index in [-0.39, 0.29) is 5.82 Å². The van der Waals surface area contributed by atoms with E-state index in [0.29, 0.717) is 18.9 Å². The van der Waals surface area contributed by atoms with Gasteiger partial charge >= 0.3 is 0 Å². The lowest BCUT2D eigenvalue weighted by molar-refractivity contribution is 0.122. The lowest BCUT2D eigenvalue weighted by Gasteiger charge is -2.29. The number of nitrogens with zero attached hydrogens (tertiary/aromatic N) is 1. The van der Waals surface area contributed by atoms with Crippen LogP contribution >= 0.6 is 22.6 Å². The molecule has 0 unspecified atom stereocenters. The third kappa shape index (κ3) is 2.17. The summed E-state index contributed by atoms with van der Waals surface area (Å²) >= 11 is 2.11. The summed E-state index contributed by atoms with van der Waals surface area (Å²) in [6.07, 6.45) is 0. The Morgan fingerprint density at radius 1 is 1.29 bits per heavy atom. The summed E-state index contributed by atoms with van der Waals surface area (Å²) in [7, 11) is 0. The number of ether oxygens (including phenoxy) is 1. The zero-order chi connectivity index (χ0) is 9.97. The van der Waals surface area contributed by atoms with Crippen molar-refractivity contribution in [2.45, 2.75) is 0 Å². The van der Waals surface area contributed by atoms with Crippen LogP contribution in [0.15, 0.2) is 18.2 Å². The second kappa shape index (κ2) is 4.44. The van der Waals surface area contributed by atoms with Crippen LogP contribution in [0.5, 0.6) is 0 Å². The molecule has 14 heavy (non-hydrogen) atoms. The molecule has 2 nitrogen and oxygen atoms in total. The SMILES string of the molecule is Fc1cc(I)ccc1N1CCOCC1. The van der Waals surface area contributed by atoms with Crippen LogP contribution in [0.4, 0.5) is 10.1 Å². The largest absolute Gasteiger partial charge is 0.378 e. The fourth-order valence-corrected chi connectivity index (χ4v) is 2.00. The molecule has 1 saturated heterocycles. The molecule has 0 saturated carbocycles. The molecule has 1 aromatic rings. The molecule has 1 aliphatic rings. The lowest BCUT2D eigenvalue weighted by Crippen LogP contribution is -2.36. The fourth-order valence-electron chi connectivity index (χ4n) is 1.54. The molecule has 1 heterocycles. The highest BCUT2D eigenvalue weighted by atomic mass is 127. The van der Waals surface area contributed by atoms with Crippen molar-refractivity contribution >= 4 is 28.3 Å². The van der Waals surface area contributed by atoms with Gasteiger partial charge in [0.1, 0.15) is 5.82 Å². The molecule has 0 bridgehead atoms. The normalized spacial score (nSPS) is 17.1. The van der Waals surface area contributed by atoms with Crippen LogP contribution in [0, 0.1) is 9.39 Å². The fraction of sp³-hybridized carbons (Fsp3) is 0.400. The van der Waals surface area contributed by atoms with Gasteiger partial charge in [-0.15, -0.1) is 0 Å². The Kier molecular flexibility index (Phi) is 3.22. The Hall–Kier alpha value is -0.360. The molecular weight excluding hydrogens is 296 g/mol. The molecule has 2 rings (SSSR count). The van der Waals surface area contributed by atoms with Crippen molar-refractivity contribution in [3.63, 3.8) is 0 Å². The smallest absolute Gasteiger partial charge is 0.147 e. The van der Waals surface area contributed by atoms with Gasteiger partial charge < -0.3 is 9.64 Å². The highest BCUT2D eigenvalue weighted by molar-refractivity contribution is 14.1. The van der Waals surface area contributed by atoms with Crippen LogP contribution in [0.2, 0.25) is 0 Å². The van der Waals surface area contributed by atoms with Crippen LogP contribution in [-0.4, -0.2) is 26.3 Å². The zero-order valence-electron chi connectivity index (χ0n) is 7.67. The Morgan fingerprint density at radius 2 is 2.00 bits per heavy atom. The first kappa shape index (κ1) is 10.2.